The highest BCUT2D eigenvalue weighted by molar-refractivity contribution is 5.71. The lowest BCUT2D eigenvalue weighted by Crippen LogP contribution is -2.40. The molecule has 0 aromatic rings. The predicted molar refractivity (Wildman–Crippen MR) is 364 cm³/mol. The van der Waals surface area contributed by atoms with Crippen LogP contribution in [0.15, 0.2) is 109 Å². The zero-order chi connectivity index (χ0) is 61.9. The van der Waals surface area contributed by atoms with Crippen molar-refractivity contribution in [1.82, 2.24) is 0 Å². The van der Waals surface area contributed by atoms with Crippen LogP contribution in [0.3, 0.4) is 0 Å². The zero-order valence-electron chi connectivity index (χ0n) is 55.7. The lowest BCUT2D eigenvalue weighted by atomic mass is 10.0. The first kappa shape index (κ1) is 81.0. The minimum absolute atomic E-state index is 0.132. The summed E-state index contributed by atoms with van der Waals surface area (Å²) in [5.74, 6) is -2.12. The smallest absolute Gasteiger partial charge is 0.361 e. The van der Waals surface area contributed by atoms with E-state index >= 15 is 0 Å². The third kappa shape index (κ3) is 67.3. The third-order valence-corrected chi connectivity index (χ3v) is 15.0. The average molecular weight is 1190 g/mol. The van der Waals surface area contributed by atoms with E-state index in [0.29, 0.717) is 17.4 Å². The van der Waals surface area contributed by atoms with Gasteiger partial charge in [0.1, 0.15) is 13.2 Å². The first-order valence-corrected chi connectivity index (χ1v) is 35.1. The van der Waals surface area contributed by atoms with Crippen molar-refractivity contribution in [2.24, 2.45) is 0 Å². The molecule has 0 bridgehead atoms. The number of aliphatic carboxylic acids is 1. The van der Waals surface area contributed by atoms with Gasteiger partial charge in [-0.25, -0.2) is 4.79 Å². The van der Waals surface area contributed by atoms with Gasteiger partial charge in [-0.05, 0) is 89.9 Å². The largest absolute Gasteiger partial charge is 0.477 e. The van der Waals surface area contributed by atoms with Crippen molar-refractivity contribution in [3.63, 3.8) is 0 Å². The molecule has 0 aliphatic heterocycles. The molecule has 0 radical (unpaired) electrons. The van der Waals surface area contributed by atoms with E-state index in [0.717, 1.165) is 70.6 Å². The van der Waals surface area contributed by atoms with E-state index in [1.807, 2.05) is 33.3 Å². The molecular weight excluding hydrogens is 1050 g/mol. The maximum Gasteiger partial charge on any atom is 0.361 e. The number of nitrogens with zero attached hydrogens (tertiary/aromatic N) is 1. The summed E-state index contributed by atoms with van der Waals surface area (Å²) in [5, 5.41) is 9.72. The number of quaternary nitrogens is 1. The molecule has 85 heavy (non-hydrogen) atoms. The van der Waals surface area contributed by atoms with E-state index in [-0.39, 0.29) is 38.6 Å². The van der Waals surface area contributed by atoms with Crippen molar-refractivity contribution >= 4 is 17.9 Å². The molecule has 0 heterocycles. The summed E-state index contributed by atoms with van der Waals surface area (Å²) in [6, 6.07) is 0. The van der Waals surface area contributed by atoms with Gasteiger partial charge in [0.25, 0.3) is 6.29 Å². The second-order valence-electron chi connectivity index (χ2n) is 24.5. The van der Waals surface area contributed by atoms with Gasteiger partial charge in [-0.15, -0.1) is 0 Å². The topological polar surface area (TPSA) is 108 Å². The lowest BCUT2D eigenvalue weighted by molar-refractivity contribution is -0.870. The molecule has 0 aromatic carbocycles. The number of likely N-dealkylation sites (N-methyl/N-ethyl adjacent to an activating group) is 1. The molecule has 488 valence electrons. The third-order valence-electron chi connectivity index (χ3n) is 15.0. The molecule has 9 heteroatoms. The van der Waals surface area contributed by atoms with Gasteiger partial charge in [0.2, 0.25) is 0 Å². The Kier molecular flexibility index (Phi) is 62.8. The van der Waals surface area contributed by atoms with E-state index in [1.165, 1.54) is 193 Å². The molecule has 0 spiro atoms. The Morgan fingerprint density at radius 2 is 0.694 bits per heavy atom. The van der Waals surface area contributed by atoms with Crippen molar-refractivity contribution in [1.29, 1.82) is 0 Å². The lowest BCUT2D eigenvalue weighted by Gasteiger charge is -2.25. The minimum Gasteiger partial charge on any atom is -0.477 e. The van der Waals surface area contributed by atoms with E-state index < -0.39 is 24.3 Å². The molecule has 0 amide bonds. The predicted octanol–water partition coefficient (Wildman–Crippen LogP) is 21.8. The van der Waals surface area contributed by atoms with E-state index in [9.17, 15) is 19.5 Å². The average Bonchev–Trinajstić information content (AvgIpc) is 3.48. The number of unbranched alkanes of at least 4 members (excludes halogenated alkanes) is 31. The van der Waals surface area contributed by atoms with Gasteiger partial charge in [0.05, 0.1) is 34.4 Å². The number of carboxylic acids is 1. The van der Waals surface area contributed by atoms with Crippen LogP contribution in [0.2, 0.25) is 0 Å². The summed E-state index contributed by atoms with van der Waals surface area (Å²) in [7, 11) is 5.95. The van der Waals surface area contributed by atoms with Gasteiger partial charge in [-0.1, -0.05) is 303 Å². The van der Waals surface area contributed by atoms with Crippen LogP contribution in [0.4, 0.5) is 0 Å². The molecule has 0 fully saturated rings. The van der Waals surface area contributed by atoms with Crippen molar-refractivity contribution in [3.8, 4) is 0 Å². The van der Waals surface area contributed by atoms with Crippen LogP contribution in [0.25, 0.3) is 0 Å². The monoisotopic (exact) mass is 1190 g/mol. The van der Waals surface area contributed by atoms with E-state index in [2.05, 4.69) is 111 Å². The minimum atomic E-state index is -1.53. The van der Waals surface area contributed by atoms with Crippen LogP contribution in [-0.4, -0.2) is 87.4 Å². The van der Waals surface area contributed by atoms with Crippen LogP contribution < -0.4 is 0 Å². The molecule has 0 saturated heterocycles. The Balaban J connectivity index is 4.01. The van der Waals surface area contributed by atoms with Crippen molar-refractivity contribution in [3.05, 3.63) is 109 Å². The Morgan fingerprint density at radius 1 is 0.365 bits per heavy atom. The van der Waals surface area contributed by atoms with Gasteiger partial charge in [0, 0.05) is 12.8 Å². The number of allylic oxidation sites excluding steroid dienone is 18. The van der Waals surface area contributed by atoms with Crippen LogP contribution in [0.1, 0.15) is 296 Å². The number of hydrogen-bond acceptors (Lipinski definition) is 7. The standard InChI is InChI=1S/C76H131NO8/c1-6-8-10-12-14-16-18-20-22-24-26-27-28-29-30-31-32-33-34-35-36-37-38-39-40-41-42-43-44-45-46-47-49-50-52-54-56-58-60-62-64-66-73(78)83-70-72(71-84-76(75(80)81)82-69-68-77(3,4)5)85-74(79)67-65-63-61-59-57-55-53-51-48-25-23-21-19-17-15-13-11-9-7-2/h9,11,15,17-18,20-21,23-24,26,28-29,48,51,55,57,61,63,72,76H,6-8,10,12-14,16,19,22,25,27,30-47,49-50,52-54,56,58-60,62,64-71H2,1-5H3/p+1/b11-9-,17-15-,20-18-,23-21-,26-24-,29-28-,51-48-,57-55-,63-61-. The number of carbonyl (C=O) groups is 3. The first-order valence-electron chi connectivity index (χ1n) is 35.1. The van der Waals surface area contributed by atoms with Gasteiger partial charge >= 0.3 is 17.9 Å². The Labute approximate surface area is 524 Å². The number of rotatable bonds is 64. The SMILES string of the molecule is CC/C=C\C/C=C\C/C=C\C/C=C\C/C=C\C/C=C\CCC(=O)OC(COC(=O)CCCCCCCCCCCCCCCCCCCCCCCCCCCC/C=C\C/C=C\C/C=C\CCCCCCC)COC(OCC[N+](C)(C)C)C(=O)O. The van der Waals surface area contributed by atoms with E-state index in [4.69, 9.17) is 18.9 Å². The van der Waals surface area contributed by atoms with Crippen molar-refractivity contribution < 1.29 is 42.9 Å². The summed E-state index contributed by atoms with van der Waals surface area (Å²) in [5.41, 5.74) is 0. The second kappa shape index (κ2) is 65.9. The second-order valence-corrected chi connectivity index (χ2v) is 24.5. The zero-order valence-corrected chi connectivity index (χ0v) is 55.7. The molecule has 1 N–H and O–H groups in total. The maximum absolute atomic E-state index is 12.9. The highest BCUT2D eigenvalue weighted by Gasteiger charge is 2.25. The quantitative estimate of drug-likeness (QED) is 0.0211. The van der Waals surface area contributed by atoms with Gasteiger partial charge in [-0.3, -0.25) is 9.59 Å². The van der Waals surface area contributed by atoms with Crippen molar-refractivity contribution in [2.75, 3.05) is 47.5 Å². The van der Waals surface area contributed by atoms with Crippen LogP contribution >= 0.6 is 0 Å². The Morgan fingerprint density at radius 3 is 1.05 bits per heavy atom. The molecule has 2 unspecified atom stereocenters. The van der Waals surface area contributed by atoms with Crippen LogP contribution in [-0.2, 0) is 33.3 Å². The first-order chi connectivity index (χ1) is 41.6. The number of ether oxygens (including phenoxy) is 4. The van der Waals surface area contributed by atoms with Gasteiger partial charge in [-0.2, -0.15) is 0 Å². The van der Waals surface area contributed by atoms with Crippen LogP contribution in [0, 0.1) is 0 Å². The van der Waals surface area contributed by atoms with E-state index in [1.54, 1.807) is 0 Å². The van der Waals surface area contributed by atoms with Gasteiger partial charge in [0.15, 0.2) is 6.10 Å². The summed E-state index contributed by atoms with van der Waals surface area (Å²) in [6.07, 6.45) is 89.6. The summed E-state index contributed by atoms with van der Waals surface area (Å²) in [4.78, 5) is 37.5. The molecule has 0 saturated carbocycles. The Hall–Kier alpha value is -4.05. The fraction of sp³-hybridized carbons (Fsp3) is 0.724. The van der Waals surface area contributed by atoms with Gasteiger partial charge < -0.3 is 28.5 Å². The Bertz CT molecular complexity index is 1760. The summed E-state index contributed by atoms with van der Waals surface area (Å²) >= 11 is 0. The number of esters is 2. The molecule has 9 nitrogen and oxygen atoms in total. The molecule has 2 atom stereocenters. The normalized spacial score (nSPS) is 13.4. The fourth-order valence-electron chi connectivity index (χ4n) is 9.70. The molecule has 0 rings (SSSR count). The molecular formula is C76H132NO8+. The summed E-state index contributed by atoms with van der Waals surface area (Å²) < 4.78 is 22.8. The number of hydrogen-bond donors (Lipinski definition) is 1. The fourth-order valence-corrected chi connectivity index (χ4v) is 9.70. The number of carboxylic acid groups (broad SMARTS) is 1. The highest BCUT2D eigenvalue weighted by atomic mass is 16.7. The number of carbonyl (C=O) groups excluding carboxylic acids is 2. The highest BCUT2D eigenvalue weighted by Crippen LogP contribution is 2.17. The van der Waals surface area contributed by atoms with Crippen molar-refractivity contribution in [2.45, 2.75) is 309 Å². The molecule has 0 aliphatic carbocycles. The van der Waals surface area contributed by atoms with Crippen LogP contribution in [0.5, 0.6) is 0 Å². The summed E-state index contributed by atoms with van der Waals surface area (Å²) in [6.45, 7) is 4.68. The molecule has 0 aromatic heterocycles. The molecule has 0 aliphatic rings. The maximum atomic E-state index is 12.9.